The first-order chi connectivity index (χ1) is 7.48. The largest absolute Gasteiger partial charge is 1.00 e. The minimum absolute atomic E-state index is 0. The number of hydrogen-bond donors (Lipinski definition) is 2. The van der Waals surface area contributed by atoms with Gasteiger partial charge in [-0.05, 0) is 32.5 Å². The molecule has 17 heavy (non-hydrogen) atoms. The first-order valence-electron chi connectivity index (χ1n) is 5.29. The van der Waals surface area contributed by atoms with Crippen molar-refractivity contribution >= 4 is 29.1 Å². The minimum atomic E-state index is -1.09. The van der Waals surface area contributed by atoms with Gasteiger partial charge in [0.05, 0.1) is 0 Å². The number of amides is 2. The van der Waals surface area contributed by atoms with Crippen molar-refractivity contribution in [2.24, 2.45) is 5.41 Å². The Hall–Kier alpha value is -0.230. The molecular formula is C11H16N2NaO2S+. The molecule has 0 bridgehead atoms. The molecule has 2 N–H and O–H groups in total. The van der Waals surface area contributed by atoms with Crippen LogP contribution >= 0.6 is 12.2 Å². The topological polar surface area (TPSA) is 58.2 Å². The number of hydrogen-bond acceptors (Lipinski definition) is 3. The Morgan fingerprint density at radius 3 is 2.18 bits per heavy atom. The van der Waals surface area contributed by atoms with Crippen LogP contribution in [0.1, 0.15) is 33.6 Å². The molecule has 1 saturated heterocycles. The number of carbonyl (C=O) groups excluding carboxylic acids is 2. The summed E-state index contributed by atoms with van der Waals surface area (Å²) in [5.41, 5.74) is -0.335. The zero-order valence-corrected chi connectivity index (χ0v) is 13.5. The van der Waals surface area contributed by atoms with Crippen molar-refractivity contribution < 1.29 is 39.1 Å². The molecule has 0 aliphatic carbocycles. The van der Waals surface area contributed by atoms with E-state index in [1.165, 1.54) is 0 Å². The molecule has 0 atom stereocenters. The summed E-state index contributed by atoms with van der Waals surface area (Å²) in [5, 5.41) is 5.13. The van der Waals surface area contributed by atoms with Crippen molar-refractivity contribution in [2.45, 2.75) is 33.6 Å². The van der Waals surface area contributed by atoms with Crippen LogP contribution in [-0.2, 0) is 9.59 Å². The third-order valence-electron chi connectivity index (χ3n) is 2.96. The van der Waals surface area contributed by atoms with Gasteiger partial charge in [0.1, 0.15) is 5.41 Å². The van der Waals surface area contributed by atoms with E-state index in [0.717, 1.165) is 12.0 Å². The van der Waals surface area contributed by atoms with Gasteiger partial charge in [-0.1, -0.05) is 25.0 Å². The minimum Gasteiger partial charge on any atom is -0.302 e. The Morgan fingerprint density at radius 1 is 1.35 bits per heavy atom. The predicted octanol–water partition coefficient (Wildman–Crippen LogP) is -1.73. The van der Waals surface area contributed by atoms with Gasteiger partial charge in [0, 0.05) is 0 Å². The fourth-order valence-electron chi connectivity index (χ4n) is 1.96. The summed E-state index contributed by atoms with van der Waals surface area (Å²) in [7, 11) is 0. The summed E-state index contributed by atoms with van der Waals surface area (Å²) >= 11 is 4.79. The molecule has 0 unspecified atom stereocenters. The summed E-state index contributed by atoms with van der Waals surface area (Å²) in [6, 6.07) is 0. The Bertz CT molecular complexity index is 360. The second-order valence-corrected chi connectivity index (χ2v) is 4.27. The van der Waals surface area contributed by atoms with E-state index in [1.807, 2.05) is 13.8 Å². The molecule has 0 aromatic heterocycles. The first kappa shape index (κ1) is 16.8. The van der Waals surface area contributed by atoms with E-state index in [9.17, 15) is 9.59 Å². The van der Waals surface area contributed by atoms with E-state index in [0.29, 0.717) is 6.42 Å². The van der Waals surface area contributed by atoms with Gasteiger partial charge in [-0.15, -0.1) is 0 Å². The van der Waals surface area contributed by atoms with Crippen molar-refractivity contribution in [1.29, 1.82) is 0 Å². The van der Waals surface area contributed by atoms with Crippen LogP contribution in [0.4, 0.5) is 0 Å². The van der Waals surface area contributed by atoms with Crippen molar-refractivity contribution in [3.8, 4) is 0 Å². The molecule has 88 valence electrons. The Labute approximate surface area is 129 Å². The Morgan fingerprint density at radius 2 is 1.82 bits per heavy atom. The van der Waals surface area contributed by atoms with Gasteiger partial charge in [0.2, 0.25) is 11.8 Å². The van der Waals surface area contributed by atoms with Crippen molar-refractivity contribution in [2.75, 3.05) is 0 Å². The number of thiocarbonyl (C=S) groups is 1. The number of rotatable bonds is 3. The predicted molar refractivity (Wildman–Crippen MR) is 65.7 cm³/mol. The average molecular weight is 263 g/mol. The van der Waals surface area contributed by atoms with E-state index in [2.05, 4.69) is 10.6 Å². The van der Waals surface area contributed by atoms with Crippen molar-refractivity contribution in [3.63, 3.8) is 0 Å². The SMILES string of the molecule is C/C=C(\C)C1(CCC)C(=O)NC(=S)NC1=O.[Na+]. The summed E-state index contributed by atoms with van der Waals surface area (Å²) in [6.45, 7) is 5.56. The molecule has 1 fully saturated rings. The van der Waals surface area contributed by atoms with Crippen LogP contribution < -0.4 is 40.2 Å². The van der Waals surface area contributed by atoms with E-state index in [-0.39, 0.29) is 46.5 Å². The maximum absolute atomic E-state index is 12.0. The Kier molecular flexibility index (Phi) is 6.55. The van der Waals surface area contributed by atoms with E-state index < -0.39 is 5.41 Å². The molecule has 1 rings (SSSR count). The van der Waals surface area contributed by atoms with E-state index in [4.69, 9.17) is 12.2 Å². The molecule has 1 aliphatic rings. The summed E-state index contributed by atoms with van der Waals surface area (Å²) in [5.74, 6) is -0.641. The smallest absolute Gasteiger partial charge is 0.302 e. The van der Waals surface area contributed by atoms with Gasteiger partial charge in [-0.2, -0.15) is 0 Å². The van der Waals surface area contributed by atoms with Gasteiger partial charge in [-0.25, -0.2) is 0 Å². The van der Waals surface area contributed by atoms with E-state index in [1.54, 1.807) is 13.0 Å². The molecule has 0 aromatic rings. The number of carbonyl (C=O) groups is 2. The number of allylic oxidation sites excluding steroid dienone is 1. The maximum Gasteiger partial charge on any atom is 1.00 e. The quantitative estimate of drug-likeness (QED) is 0.275. The van der Waals surface area contributed by atoms with Gasteiger partial charge >= 0.3 is 29.6 Å². The first-order valence-corrected chi connectivity index (χ1v) is 5.70. The molecule has 1 aliphatic heterocycles. The van der Waals surface area contributed by atoms with Crippen molar-refractivity contribution in [1.82, 2.24) is 10.6 Å². The second kappa shape index (κ2) is 6.64. The fourth-order valence-corrected chi connectivity index (χ4v) is 2.14. The van der Waals surface area contributed by atoms with Crippen LogP contribution in [-0.4, -0.2) is 16.9 Å². The third-order valence-corrected chi connectivity index (χ3v) is 3.16. The summed E-state index contributed by atoms with van der Waals surface area (Å²) in [6.07, 6.45) is 3.03. The fraction of sp³-hybridized carbons (Fsp3) is 0.545. The van der Waals surface area contributed by atoms with Gasteiger partial charge < -0.3 is 10.6 Å². The van der Waals surface area contributed by atoms with Crippen LogP contribution in [0.3, 0.4) is 0 Å². The van der Waals surface area contributed by atoms with Crippen LogP contribution in [0, 0.1) is 5.41 Å². The molecule has 4 nitrogen and oxygen atoms in total. The summed E-state index contributed by atoms with van der Waals surface area (Å²) < 4.78 is 0. The zero-order valence-electron chi connectivity index (χ0n) is 10.7. The van der Waals surface area contributed by atoms with E-state index >= 15 is 0 Å². The molecule has 0 radical (unpaired) electrons. The Balaban J connectivity index is 0.00000256. The molecule has 2 amide bonds. The molecule has 0 saturated carbocycles. The van der Waals surface area contributed by atoms with Gasteiger partial charge in [-0.3, -0.25) is 9.59 Å². The van der Waals surface area contributed by atoms with Crippen LogP contribution in [0.15, 0.2) is 11.6 Å². The van der Waals surface area contributed by atoms with Crippen LogP contribution in [0.25, 0.3) is 0 Å². The van der Waals surface area contributed by atoms with Gasteiger partial charge in [0.25, 0.3) is 0 Å². The zero-order chi connectivity index (χ0) is 12.3. The van der Waals surface area contributed by atoms with Crippen LogP contribution in [0.5, 0.6) is 0 Å². The summed E-state index contributed by atoms with van der Waals surface area (Å²) in [4.78, 5) is 24.1. The molecule has 6 heteroatoms. The van der Waals surface area contributed by atoms with Crippen LogP contribution in [0.2, 0.25) is 0 Å². The third kappa shape index (κ3) is 2.96. The second-order valence-electron chi connectivity index (χ2n) is 3.86. The molecule has 0 aromatic carbocycles. The molecule has 1 heterocycles. The normalized spacial score (nSPS) is 19.2. The monoisotopic (exact) mass is 263 g/mol. The standard InChI is InChI=1S/C11H16N2O2S.Na/c1-4-6-11(7(3)5-2)8(14)12-10(16)13-9(11)15;/h5H,4,6H2,1-3H3,(H2,12,13,14,15,16);/q;+1/b7-5+;. The van der Waals surface area contributed by atoms with Crippen molar-refractivity contribution in [3.05, 3.63) is 11.6 Å². The molecule has 0 spiro atoms. The molecular weight excluding hydrogens is 247 g/mol. The average Bonchev–Trinajstić information content (AvgIpc) is 2.22. The van der Waals surface area contributed by atoms with Gasteiger partial charge in [0.15, 0.2) is 5.11 Å². The number of nitrogens with one attached hydrogen (secondary N) is 2. The maximum atomic E-state index is 12.0.